The van der Waals surface area contributed by atoms with Crippen LogP contribution in [0.2, 0.25) is 0 Å². The van der Waals surface area contributed by atoms with Gasteiger partial charge >= 0.3 is 0 Å². The van der Waals surface area contributed by atoms with Crippen LogP contribution < -0.4 is 10.2 Å². The fraction of sp³-hybridized carbons (Fsp3) is 0.296. The summed E-state index contributed by atoms with van der Waals surface area (Å²) in [6.45, 7) is 3.95. The number of hydrogen-bond acceptors (Lipinski definition) is 5. The van der Waals surface area contributed by atoms with Crippen molar-refractivity contribution in [2.75, 3.05) is 37.0 Å². The molecule has 1 fully saturated rings. The fourth-order valence-corrected chi connectivity index (χ4v) is 5.99. The lowest BCUT2D eigenvalue weighted by Gasteiger charge is -2.39. The molecule has 0 spiro atoms. The molecule has 5 nitrogen and oxygen atoms in total. The number of benzene rings is 2. The molecule has 0 saturated carbocycles. The second kappa shape index (κ2) is 8.69. The highest BCUT2D eigenvalue weighted by Crippen LogP contribution is 2.35. The number of aliphatic imine (C=N–C) groups is 1. The zero-order valence-corrected chi connectivity index (χ0v) is 19.8. The molecule has 2 aromatic heterocycles. The number of likely N-dealkylation sites (tertiary alicyclic amines) is 1. The van der Waals surface area contributed by atoms with Crippen LogP contribution in [0.1, 0.15) is 24.0 Å². The quantitative estimate of drug-likeness (QED) is 0.443. The molecule has 2 aliphatic rings. The summed E-state index contributed by atoms with van der Waals surface area (Å²) < 4.78 is 2.31. The van der Waals surface area contributed by atoms with E-state index in [0.717, 1.165) is 24.7 Å². The molecule has 6 rings (SSSR count). The van der Waals surface area contributed by atoms with Crippen LogP contribution in [0.3, 0.4) is 0 Å². The van der Waals surface area contributed by atoms with E-state index in [1.165, 1.54) is 53.0 Å². The van der Waals surface area contributed by atoms with Crippen LogP contribution in [0.15, 0.2) is 77.2 Å². The predicted octanol–water partition coefficient (Wildman–Crippen LogP) is 5.48. The topological polar surface area (TPSA) is 35.8 Å². The molecule has 0 bridgehead atoms. The van der Waals surface area contributed by atoms with Gasteiger partial charge in [-0.15, -0.1) is 11.3 Å². The van der Waals surface area contributed by atoms with Gasteiger partial charge in [0.05, 0.1) is 5.56 Å². The summed E-state index contributed by atoms with van der Waals surface area (Å²) in [4.78, 5) is 9.92. The molecule has 168 valence electrons. The summed E-state index contributed by atoms with van der Waals surface area (Å²) >= 11 is 1.84. The highest BCUT2D eigenvalue weighted by molar-refractivity contribution is 7.14. The lowest BCUT2D eigenvalue weighted by Crippen LogP contribution is -2.45. The molecule has 4 heterocycles. The highest BCUT2D eigenvalue weighted by atomic mass is 32.1. The van der Waals surface area contributed by atoms with E-state index in [2.05, 4.69) is 99.0 Å². The van der Waals surface area contributed by atoms with Crippen molar-refractivity contribution in [3.05, 3.63) is 83.4 Å². The summed E-state index contributed by atoms with van der Waals surface area (Å²) in [7, 11) is 2.22. The average Bonchev–Trinajstić information content (AvgIpc) is 3.49. The van der Waals surface area contributed by atoms with Gasteiger partial charge in [-0.2, -0.15) is 0 Å². The number of fused-ring (bicyclic) bond motifs is 2. The van der Waals surface area contributed by atoms with Crippen molar-refractivity contribution in [3.8, 4) is 0 Å². The molecule has 0 aliphatic carbocycles. The van der Waals surface area contributed by atoms with Crippen LogP contribution >= 0.6 is 11.3 Å². The number of rotatable bonds is 4. The van der Waals surface area contributed by atoms with E-state index >= 15 is 0 Å². The van der Waals surface area contributed by atoms with E-state index in [0.29, 0.717) is 6.04 Å². The van der Waals surface area contributed by atoms with E-state index in [1.807, 2.05) is 11.3 Å². The highest BCUT2D eigenvalue weighted by Gasteiger charge is 2.29. The van der Waals surface area contributed by atoms with Crippen molar-refractivity contribution in [2.24, 2.45) is 4.99 Å². The molecular weight excluding hydrogens is 426 g/mol. The van der Waals surface area contributed by atoms with Crippen molar-refractivity contribution < 1.29 is 0 Å². The number of thiophene rings is 1. The minimum atomic E-state index is 0.588. The van der Waals surface area contributed by atoms with Crippen LogP contribution in [0.5, 0.6) is 0 Å². The van der Waals surface area contributed by atoms with Crippen LogP contribution in [-0.2, 0) is 6.54 Å². The van der Waals surface area contributed by atoms with E-state index in [1.54, 1.807) is 0 Å². The number of nitrogens with zero attached hydrogens (tertiary/aromatic N) is 4. The van der Waals surface area contributed by atoms with Gasteiger partial charge in [0, 0.05) is 35.4 Å². The van der Waals surface area contributed by atoms with Gasteiger partial charge in [0.25, 0.3) is 0 Å². The standard InChI is InChI=1S/C27H29N5S/c1-30-13-10-23(11-14-30)32-19-28-26(24-12-16-33-27(24)32)29-22-7-8-25-21(17-22)9-15-31(25)18-20-5-3-2-4-6-20/h2-9,12,15-17,23H,10-11,13-14,18-19H2,1H3,(H,28,29). The maximum atomic E-state index is 4.97. The number of amidine groups is 1. The molecular formula is C27H29N5S. The van der Waals surface area contributed by atoms with Crippen molar-refractivity contribution in [3.63, 3.8) is 0 Å². The third-order valence-electron chi connectivity index (χ3n) is 6.90. The number of nitrogens with one attached hydrogen (secondary N) is 1. The normalized spacial score (nSPS) is 17.2. The SMILES string of the molecule is CN1CCC(N2CN=C(Nc3ccc4c(ccn4Cc4ccccc4)c3)c3ccsc32)CC1. The maximum absolute atomic E-state index is 4.97. The van der Waals surface area contributed by atoms with Gasteiger partial charge in [0.15, 0.2) is 0 Å². The largest absolute Gasteiger partial charge is 0.343 e. The van der Waals surface area contributed by atoms with Crippen molar-refractivity contribution in [1.29, 1.82) is 0 Å². The fourth-order valence-electron chi connectivity index (χ4n) is 5.03. The molecule has 0 radical (unpaired) electrons. The van der Waals surface area contributed by atoms with Crippen LogP contribution in [0, 0.1) is 0 Å². The van der Waals surface area contributed by atoms with E-state index in [-0.39, 0.29) is 0 Å². The van der Waals surface area contributed by atoms with E-state index in [9.17, 15) is 0 Å². The Hall–Kier alpha value is -3.09. The number of hydrogen-bond donors (Lipinski definition) is 1. The average molecular weight is 456 g/mol. The first-order valence-corrected chi connectivity index (χ1v) is 12.6. The Labute approximate surface area is 199 Å². The Morgan fingerprint density at radius 2 is 1.88 bits per heavy atom. The van der Waals surface area contributed by atoms with Gasteiger partial charge in [0.2, 0.25) is 0 Å². The summed E-state index contributed by atoms with van der Waals surface area (Å²) in [5.41, 5.74) is 4.88. The number of anilines is 2. The third-order valence-corrected chi connectivity index (χ3v) is 7.85. The Balaban J connectivity index is 1.21. The Bertz CT molecular complexity index is 1280. The molecule has 4 aromatic rings. The van der Waals surface area contributed by atoms with Gasteiger partial charge < -0.3 is 19.7 Å². The maximum Gasteiger partial charge on any atom is 0.137 e. The van der Waals surface area contributed by atoms with Crippen molar-refractivity contribution in [2.45, 2.75) is 25.4 Å². The monoisotopic (exact) mass is 455 g/mol. The zero-order valence-electron chi connectivity index (χ0n) is 18.9. The first-order valence-electron chi connectivity index (χ1n) is 11.7. The molecule has 1 N–H and O–H groups in total. The molecule has 0 atom stereocenters. The van der Waals surface area contributed by atoms with Gasteiger partial charge in [-0.3, -0.25) is 0 Å². The first-order chi connectivity index (χ1) is 16.2. The number of piperidine rings is 1. The molecule has 6 heteroatoms. The third kappa shape index (κ3) is 4.05. The summed E-state index contributed by atoms with van der Waals surface area (Å²) in [6, 6.07) is 22.2. The summed E-state index contributed by atoms with van der Waals surface area (Å²) in [6.07, 6.45) is 4.60. The van der Waals surface area contributed by atoms with Crippen LogP contribution in [0.25, 0.3) is 10.9 Å². The minimum absolute atomic E-state index is 0.588. The van der Waals surface area contributed by atoms with Gasteiger partial charge in [0.1, 0.15) is 17.5 Å². The van der Waals surface area contributed by atoms with Crippen molar-refractivity contribution >= 4 is 38.8 Å². The van der Waals surface area contributed by atoms with E-state index < -0.39 is 0 Å². The summed E-state index contributed by atoms with van der Waals surface area (Å²) in [5.74, 6) is 0.985. The molecule has 33 heavy (non-hydrogen) atoms. The second-order valence-corrected chi connectivity index (χ2v) is 10.0. The lowest BCUT2D eigenvalue weighted by molar-refractivity contribution is 0.250. The first kappa shape index (κ1) is 20.5. The molecule has 0 amide bonds. The Kier molecular flexibility index (Phi) is 5.40. The van der Waals surface area contributed by atoms with Crippen LogP contribution in [-0.4, -0.2) is 48.2 Å². The van der Waals surface area contributed by atoms with E-state index in [4.69, 9.17) is 4.99 Å². The molecule has 1 saturated heterocycles. The Morgan fingerprint density at radius 1 is 1.03 bits per heavy atom. The molecule has 0 unspecified atom stereocenters. The second-order valence-electron chi connectivity index (χ2n) is 9.12. The molecule has 2 aliphatic heterocycles. The van der Waals surface area contributed by atoms with Gasteiger partial charge in [-0.1, -0.05) is 30.3 Å². The molecule has 2 aromatic carbocycles. The van der Waals surface area contributed by atoms with Crippen LogP contribution in [0.4, 0.5) is 10.7 Å². The van der Waals surface area contributed by atoms with Gasteiger partial charge in [-0.25, -0.2) is 4.99 Å². The zero-order chi connectivity index (χ0) is 22.2. The lowest BCUT2D eigenvalue weighted by atomic mass is 10.0. The summed E-state index contributed by atoms with van der Waals surface area (Å²) in [5, 5.41) is 8.41. The Morgan fingerprint density at radius 3 is 2.73 bits per heavy atom. The van der Waals surface area contributed by atoms with Gasteiger partial charge in [-0.05, 0) is 74.3 Å². The minimum Gasteiger partial charge on any atom is -0.343 e. The smallest absolute Gasteiger partial charge is 0.137 e. The predicted molar refractivity (Wildman–Crippen MR) is 140 cm³/mol. The number of aromatic nitrogens is 1. The van der Waals surface area contributed by atoms with Crippen molar-refractivity contribution in [1.82, 2.24) is 9.47 Å².